The van der Waals surface area contributed by atoms with E-state index in [1.807, 2.05) is 43.3 Å². The quantitative estimate of drug-likeness (QED) is 0.664. The van der Waals surface area contributed by atoms with Crippen molar-refractivity contribution in [1.29, 1.82) is 0 Å². The molecule has 0 aliphatic carbocycles. The molecule has 0 unspecified atom stereocenters. The minimum Gasteiger partial charge on any atom is -0.378 e. The summed E-state index contributed by atoms with van der Waals surface area (Å²) < 4.78 is 0. The summed E-state index contributed by atoms with van der Waals surface area (Å²) >= 11 is 0. The molecule has 1 heterocycles. The molecular weight excluding hydrogens is 360 g/mol. The summed E-state index contributed by atoms with van der Waals surface area (Å²) in [6.07, 6.45) is 2.14. The van der Waals surface area contributed by atoms with E-state index in [9.17, 15) is 4.79 Å². The van der Waals surface area contributed by atoms with Gasteiger partial charge in [0.1, 0.15) is 0 Å². The zero-order valence-electron chi connectivity index (χ0n) is 17.8. The Morgan fingerprint density at radius 1 is 0.897 bits per heavy atom. The smallest absolute Gasteiger partial charge is 0.251 e. The zero-order chi connectivity index (χ0) is 20.5. The second kappa shape index (κ2) is 11.0. The monoisotopic (exact) mass is 394 g/mol. The van der Waals surface area contributed by atoms with Crippen molar-refractivity contribution in [3.05, 3.63) is 65.7 Å². The van der Waals surface area contributed by atoms with E-state index in [1.165, 1.54) is 5.56 Å². The van der Waals surface area contributed by atoms with Gasteiger partial charge in [0, 0.05) is 64.6 Å². The van der Waals surface area contributed by atoms with Crippen LogP contribution in [0.25, 0.3) is 0 Å². The van der Waals surface area contributed by atoms with E-state index in [0.717, 1.165) is 69.9 Å². The van der Waals surface area contributed by atoms with Crippen molar-refractivity contribution in [3.8, 4) is 0 Å². The lowest BCUT2D eigenvalue weighted by Gasteiger charge is -2.34. The molecule has 0 radical (unpaired) electrons. The van der Waals surface area contributed by atoms with Crippen LogP contribution in [0.4, 0.5) is 5.69 Å². The van der Waals surface area contributed by atoms with Crippen molar-refractivity contribution in [3.63, 3.8) is 0 Å². The summed E-state index contributed by atoms with van der Waals surface area (Å²) in [5.74, 6) is 0.0184. The van der Waals surface area contributed by atoms with E-state index in [2.05, 4.69) is 45.4 Å². The van der Waals surface area contributed by atoms with E-state index >= 15 is 0 Å². The first-order valence-corrected chi connectivity index (χ1v) is 10.7. The van der Waals surface area contributed by atoms with Crippen molar-refractivity contribution in [2.75, 3.05) is 58.3 Å². The highest BCUT2D eigenvalue weighted by molar-refractivity contribution is 5.94. The van der Waals surface area contributed by atoms with Gasteiger partial charge in [0.15, 0.2) is 0 Å². The van der Waals surface area contributed by atoms with Crippen LogP contribution in [-0.2, 0) is 6.54 Å². The van der Waals surface area contributed by atoms with Crippen molar-refractivity contribution in [2.45, 2.75) is 19.4 Å². The van der Waals surface area contributed by atoms with Crippen molar-refractivity contribution < 1.29 is 4.79 Å². The minimum atomic E-state index is 0.0184. The molecule has 0 atom stereocenters. The Morgan fingerprint density at radius 2 is 1.55 bits per heavy atom. The molecule has 1 saturated heterocycles. The summed E-state index contributed by atoms with van der Waals surface area (Å²) in [5, 5.41) is 3.04. The summed E-state index contributed by atoms with van der Waals surface area (Å²) in [5.41, 5.74) is 3.23. The highest BCUT2D eigenvalue weighted by Crippen LogP contribution is 2.12. The predicted octanol–water partition coefficient (Wildman–Crippen LogP) is 3.08. The first-order valence-electron chi connectivity index (χ1n) is 10.7. The number of benzene rings is 2. The molecule has 5 nitrogen and oxygen atoms in total. The van der Waals surface area contributed by atoms with Gasteiger partial charge in [-0.25, -0.2) is 0 Å². The van der Waals surface area contributed by atoms with E-state index in [1.54, 1.807) is 0 Å². The van der Waals surface area contributed by atoms with Crippen LogP contribution in [0.5, 0.6) is 0 Å². The summed E-state index contributed by atoms with van der Waals surface area (Å²) in [7, 11) is 4.00. The number of nitrogens with one attached hydrogen (secondary N) is 1. The normalized spacial score (nSPS) is 15.2. The Labute approximate surface area is 175 Å². The number of carbonyl (C=O) groups excluding carboxylic acids is 1. The third-order valence-corrected chi connectivity index (χ3v) is 5.55. The van der Waals surface area contributed by atoms with Gasteiger partial charge in [-0.15, -0.1) is 0 Å². The lowest BCUT2D eigenvalue weighted by Crippen LogP contribution is -2.46. The Morgan fingerprint density at radius 3 is 2.21 bits per heavy atom. The Balaban J connectivity index is 1.27. The van der Waals surface area contributed by atoms with Crippen LogP contribution < -0.4 is 10.2 Å². The highest BCUT2D eigenvalue weighted by atomic mass is 16.1. The van der Waals surface area contributed by atoms with Gasteiger partial charge in [-0.05, 0) is 49.2 Å². The molecule has 1 fully saturated rings. The van der Waals surface area contributed by atoms with Crippen LogP contribution in [0.1, 0.15) is 28.8 Å². The number of anilines is 1. The number of amides is 1. The van der Waals surface area contributed by atoms with Crippen LogP contribution in [-0.4, -0.2) is 69.1 Å². The van der Waals surface area contributed by atoms with E-state index in [4.69, 9.17) is 0 Å². The minimum absolute atomic E-state index is 0.0184. The maximum Gasteiger partial charge on any atom is 0.251 e. The molecule has 2 aromatic rings. The lowest BCUT2D eigenvalue weighted by atomic mass is 10.2. The number of piperazine rings is 1. The zero-order valence-corrected chi connectivity index (χ0v) is 17.8. The fourth-order valence-electron chi connectivity index (χ4n) is 3.69. The van der Waals surface area contributed by atoms with Crippen molar-refractivity contribution in [1.82, 2.24) is 15.1 Å². The molecule has 1 aliphatic rings. The van der Waals surface area contributed by atoms with Gasteiger partial charge in [0.05, 0.1) is 0 Å². The SMILES string of the molecule is CN(C)c1ccc(C(=O)NCCCCN2CCN(Cc3ccccc3)CC2)cc1. The Hall–Kier alpha value is -2.37. The first kappa shape index (κ1) is 21.3. The standard InChI is InChI=1S/C24H34N4O/c1-26(2)23-12-10-22(11-13-23)24(29)25-14-6-7-15-27-16-18-28(19-17-27)20-21-8-4-3-5-9-21/h3-5,8-13H,6-7,14-20H2,1-2H3,(H,25,29). The van der Waals surface area contributed by atoms with E-state index in [-0.39, 0.29) is 5.91 Å². The molecule has 1 N–H and O–H groups in total. The predicted molar refractivity (Wildman–Crippen MR) is 120 cm³/mol. The molecule has 3 rings (SSSR count). The molecule has 1 amide bonds. The first-order chi connectivity index (χ1) is 14.1. The van der Waals surface area contributed by atoms with Crippen LogP contribution in [0.3, 0.4) is 0 Å². The molecular formula is C24H34N4O. The average molecular weight is 395 g/mol. The number of nitrogens with zero attached hydrogens (tertiary/aromatic N) is 3. The maximum atomic E-state index is 12.2. The van der Waals surface area contributed by atoms with Crippen LogP contribution in [0.2, 0.25) is 0 Å². The molecule has 0 saturated carbocycles. The molecule has 0 bridgehead atoms. The van der Waals surface area contributed by atoms with Crippen LogP contribution in [0.15, 0.2) is 54.6 Å². The van der Waals surface area contributed by atoms with Crippen molar-refractivity contribution in [2.24, 2.45) is 0 Å². The summed E-state index contributed by atoms with van der Waals surface area (Å²) in [6.45, 7) is 7.45. The Kier molecular flexibility index (Phi) is 8.08. The number of unbranched alkanes of at least 4 members (excludes halogenated alkanes) is 1. The molecule has 0 aromatic heterocycles. The largest absolute Gasteiger partial charge is 0.378 e. The molecule has 0 spiro atoms. The number of rotatable bonds is 9. The molecule has 1 aliphatic heterocycles. The average Bonchev–Trinajstić information content (AvgIpc) is 2.75. The maximum absolute atomic E-state index is 12.2. The van der Waals surface area contributed by atoms with Gasteiger partial charge < -0.3 is 15.1 Å². The third-order valence-electron chi connectivity index (χ3n) is 5.55. The number of hydrogen-bond acceptors (Lipinski definition) is 4. The topological polar surface area (TPSA) is 38.8 Å². The van der Waals surface area contributed by atoms with Gasteiger partial charge in [-0.2, -0.15) is 0 Å². The summed E-state index contributed by atoms with van der Waals surface area (Å²) in [6, 6.07) is 18.4. The molecule has 2 aromatic carbocycles. The van der Waals surface area contributed by atoms with Gasteiger partial charge in [-0.1, -0.05) is 30.3 Å². The molecule has 5 heteroatoms. The van der Waals surface area contributed by atoms with E-state index in [0.29, 0.717) is 0 Å². The van der Waals surface area contributed by atoms with Gasteiger partial charge >= 0.3 is 0 Å². The molecule has 156 valence electrons. The molecule has 29 heavy (non-hydrogen) atoms. The van der Waals surface area contributed by atoms with Gasteiger partial charge in [0.2, 0.25) is 0 Å². The van der Waals surface area contributed by atoms with Gasteiger partial charge in [-0.3, -0.25) is 9.69 Å². The number of hydrogen-bond donors (Lipinski definition) is 1. The second-order valence-electron chi connectivity index (χ2n) is 8.01. The van der Waals surface area contributed by atoms with E-state index < -0.39 is 0 Å². The Bertz CT molecular complexity index is 737. The van der Waals surface area contributed by atoms with Crippen molar-refractivity contribution >= 4 is 11.6 Å². The van der Waals surface area contributed by atoms with Crippen LogP contribution in [0, 0.1) is 0 Å². The summed E-state index contributed by atoms with van der Waals surface area (Å²) in [4.78, 5) is 19.3. The fraction of sp³-hybridized carbons (Fsp3) is 0.458. The van der Waals surface area contributed by atoms with Gasteiger partial charge in [0.25, 0.3) is 5.91 Å². The third kappa shape index (κ3) is 6.87. The fourth-order valence-corrected chi connectivity index (χ4v) is 3.69. The highest BCUT2D eigenvalue weighted by Gasteiger charge is 2.16. The lowest BCUT2D eigenvalue weighted by molar-refractivity contribution is 0.0951. The number of carbonyl (C=O) groups is 1. The van der Waals surface area contributed by atoms with Crippen LogP contribution >= 0.6 is 0 Å². The second-order valence-corrected chi connectivity index (χ2v) is 8.01.